The zero-order valence-electron chi connectivity index (χ0n) is 18.2. The molecule has 2 aromatic rings. The van der Waals surface area contributed by atoms with Crippen LogP contribution in [0, 0.1) is 0 Å². The van der Waals surface area contributed by atoms with Crippen molar-refractivity contribution in [3.05, 3.63) is 58.6 Å². The van der Waals surface area contributed by atoms with Crippen LogP contribution >= 0.6 is 15.9 Å². The van der Waals surface area contributed by atoms with Crippen LogP contribution in [0.1, 0.15) is 59.4 Å². The van der Waals surface area contributed by atoms with Gasteiger partial charge in [-0.15, -0.1) is 0 Å². The molecule has 1 saturated heterocycles. The summed E-state index contributed by atoms with van der Waals surface area (Å²) in [5.41, 5.74) is 1.20. The molecule has 0 aromatic heterocycles. The largest absolute Gasteiger partial charge is 0.385 e. The molecule has 0 aliphatic carbocycles. The van der Waals surface area contributed by atoms with Gasteiger partial charge in [-0.3, -0.25) is 4.90 Å². The molecule has 0 bridgehead atoms. The topological polar surface area (TPSA) is 43.7 Å². The monoisotopic (exact) mass is 459 g/mol. The summed E-state index contributed by atoms with van der Waals surface area (Å²) in [5, 5.41) is 23.2. The Morgan fingerprint density at radius 3 is 2.10 bits per heavy atom. The van der Waals surface area contributed by atoms with Gasteiger partial charge in [0.05, 0.1) is 0 Å². The van der Waals surface area contributed by atoms with Crippen LogP contribution in [0.4, 0.5) is 0 Å². The number of hydrogen-bond donors (Lipinski definition) is 2. The molecule has 1 heterocycles. The van der Waals surface area contributed by atoms with E-state index in [0.29, 0.717) is 0 Å². The molecule has 3 rings (SSSR count). The molecule has 4 heteroatoms. The second-order valence-electron chi connectivity index (χ2n) is 9.27. The number of rotatable bonds is 5. The third kappa shape index (κ3) is 4.18. The van der Waals surface area contributed by atoms with Crippen LogP contribution < -0.4 is 0 Å². The molecule has 2 aromatic carbocycles. The number of hydrogen-bond acceptors (Lipinski definition) is 3. The van der Waals surface area contributed by atoms with E-state index >= 15 is 0 Å². The molecule has 0 spiro atoms. The van der Waals surface area contributed by atoms with E-state index in [-0.39, 0.29) is 12.1 Å². The molecule has 158 valence electrons. The number of halogens is 1. The minimum absolute atomic E-state index is 0.248. The molecule has 1 aliphatic rings. The molecule has 4 atom stereocenters. The lowest BCUT2D eigenvalue weighted by Crippen LogP contribution is -2.64. The number of benzene rings is 2. The minimum Gasteiger partial charge on any atom is -0.385 e. The smallest absolute Gasteiger partial charge is 0.137 e. The van der Waals surface area contributed by atoms with Crippen molar-refractivity contribution in [3.63, 3.8) is 0 Å². The first kappa shape index (κ1) is 22.5. The number of piperidine rings is 1. The minimum atomic E-state index is -1.33. The van der Waals surface area contributed by atoms with E-state index in [2.05, 4.69) is 58.9 Å². The predicted molar refractivity (Wildman–Crippen MR) is 124 cm³/mol. The van der Waals surface area contributed by atoms with Crippen LogP contribution in [0.25, 0.3) is 11.1 Å². The highest BCUT2D eigenvalue weighted by molar-refractivity contribution is 9.10. The van der Waals surface area contributed by atoms with Crippen LogP contribution in [0.15, 0.2) is 53.0 Å². The zero-order valence-corrected chi connectivity index (χ0v) is 19.8. The van der Waals surface area contributed by atoms with E-state index in [0.717, 1.165) is 34.0 Å². The van der Waals surface area contributed by atoms with Crippen LogP contribution in [-0.4, -0.2) is 39.0 Å². The van der Waals surface area contributed by atoms with Gasteiger partial charge in [0.2, 0.25) is 0 Å². The van der Waals surface area contributed by atoms with Gasteiger partial charge in [0.15, 0.2) is 0 Å². The maximum absolute atomic E-state index is 11.8. The van der Waals surface area contributed by atoms with Crippen molar-refractivity contribution in [2.75, 3.05) is 0 Å². The average Bonchev–Trinajstić information content (AvgIpc) is 2.68. The molecule has 2 N–H and O–H groups in total. The van der Waals surface area contributed by atoms with Gasteiger partial charge >= 0.3 is 0 Å². The van der Waals surface area contributed by atoms with Gasteiger partial charge in [-0.1, -0.05) is 72.6 Å². The van der Waals surface area contributed by atoms with Crippen molar-refractivity contribution in [2.45, 2.75) is 83.2 Å². The Balaban J connectivity index is 2.02. The summed E-state index contributed by atoms with van der Waals surface area (Å²) in [5.74, 6) is 0. The molecule has 1 fully saturated rings. The Morgan fingerprint density at radius 1 is 0.966 bits per heavy atom. The molecular weight excluding hydrogens is 426 g/mol. The fraction of sp³-hybridized carbons (Fsp3) is 0.520. The molecule has 0 radical (unpaired) electrons. The summed E-state index contributed by atoms with van der Waals surface area (Å²) in [6.45, 7) is 10.2. The maximum atomic E-state index is 11.8. The molecule has 1 aliphatic heterocycles. The van der Waals surface area contributed by atoms with Gasteiger partial charge in [-0.2, -0.15) is 0 Å². The van der Waals surface area contributed by atoms with E-state index in [1.54, 1.807) is 6.92 Å². The van der Waals surface area contributed by atoms with E-state index in [1.165, 1.54) is 6.42 Å². The first-order valence-corrected chi connectivity index (χ1v) is 11.4. The Bertz CT molecular complexity index is 821. The number of aliphatic hydroxyl groups excluding tert-OH is 1. The van der Waals surface area contributed by atoms with E-state index < -0.39 is 17.2 Å². The molecule has 0 saturated carbocycles. The molecular formula is C25H34BrNO2. The van der Waals surface area contributed by atoms with Gasteiger partial charge in [0.25, 0.3) is 0 Å². The Kier molecular flexibility index (Phi) is 6.59. The van der Waals surface area contributed by atoms with Crippen molar-refractivity contribution in [1.29, 1.82) is 0 Å². The fourth-order valence-corrected chi connectivity index (χ4v) is 4.98. The van der Waals surface area contributed by atoms with Gasteiger partial charge in [-0.05, 0) is 62.4 Å². The summed E-state index contributed by atoms with van der Waals surface area (Å²) >= 11 is 3.50. The summed E-state index contributed by atoms with van der Waals surface area (Å²) < 4.78 is 1.04. The molecule has 3 nitrogen and oxygen atoms in total. The average molecular weight is 460 g/mol. The third-order valence-corrected chi connectivity index (χ3v) is 7.60. The summed E-state index contributed by atoms with van der Waals surface area (Å²) in [7, 11) is 0. The van der Waals surface area contributed by atoms with Crippen LogP contribution in [-0.2, 0) is 5.41 Å². The SMILES string of the molecule is CC1CCCC(C)N1C(O)C(C)(O)C(C)(C)c1ccccc1-c1ccc(Br)cc1. The van der Waals surface area contributed by atoms with Crippen molar-refractivity contribution >= 4 is 15.9 Å². The Hall–Kier alpha value is -1.20. The quantitative estimate of drug-likeness (QED) is 0.599. The molecule has 29 heavy (non-hydrogen) atoms. The number of likely N-dealkylation sites (tertiary alicyclic amines) is 1. The van der Waals surface area contributed by atoms with Crippen LogP contribution in [0.2, 0.25) is 0 Å². The highest BCUT2D eigenvalue weighted by Crippen LogP contribution is 2.44. The van der Waals surface area contributed by atoms with Crippen LogP contribution in [0.3, 0.4) is 0 Å². The predicted octanol–water partition coefficient (Wildman–Crippen LogP) is 5.73. The van der Waals surface area contributed by atoms with Crippen LogP contribution in [0.5, 0.6) is 0 Å². The highest BCUT2D eigenvalue weighted by atomic mass is 79.9. The molecule has 0 amide bonds. The lowest BCUT2D eigenvalue weighted by atomic mass is 9.67. The first-order valence-electron chi connectivity index (χ1n) is 10.6. The summed E-state index contributed by atoms with van der Waals surface area (Å²) in [6, 6.07) is 16.9. The van der Waals surface area contributed by atoms with E-state index in [9.17, 15) is 10.2 Å². The zero-order chi connectivity index (χ0) is 21.4. The van der Waals surface area contributed by atoms with Gasteiger partial charge in [0, 0.05) is 22.0 Å². The lowest BCUT2D eigenvalue weighted by molar-refractivity contribution is -0.195. The summed E-state index contributed by atoms with van der Waals surface area (Å²) in [4.78, 5) is 2.10. The lowest BCUT2D eigenvalue weighted by Gasteiger charge is -2.52. The second kappa shape index (κ2) is 8.50. The highest BCUT2D eigenvalue weighted by Gasteiger charge is 2.51. The van der Waals surface area contributed by atoms with E-state index in [1.807, 2.05) is 38.1 Å². The Morgan fingerprint density at radius 2 is 1.52 bits per heavy atom. The normalized spacial score (nSPS) is 24.1. The van der Waals surface area contributed by atoms with Gasteiger partial charge < -0.3 is 10.2 Å². The van der Waals surface area contributed by atoms with Crippen molar-refractivity contribution in [2.24, 2.45) is 0 Å². The number of aliphatic hydroxyl groups is 2. The standard InChI is InChI=1S/C25H34BrNO2/c1-17-9-8-10-18(2)27(17)23(28)25(5,29)24(3,4)22-12-7-6-11-21(22)19-13-15-20(26)16-14-19/h6-7,11-18,23,28-29H,8-10H2,1-5H3. The maximum Gasteiger partial charge on any atom is 0.137 e. The molecule has 4 unspecified atom stereocenters. The first-order chi connectivity index (χ1) is 13.6. The van der Waals surface area contributed by atoms with Crippen molar-refractivity contribution in [1.82, 2.24) is 4.90 Å². The van der Waals surface area contributed by atoms with Crippen molar-refractivity contribution in [3.8, 4) is 11.1 Å². The Labute approximate surface area is 183 Å². The van der Waals surface area contributed by atoms with Crippen molar-refractivity contribution < 1.29 is 10.2 Å². The fourth-order valence-electron chi connectivity index (χ4n) is 4.72. The van der Waals surface area contributed by atoms with E-state index in [4.69, 9.17) is 0 Å². The van der Waals surface area contributed by atoms with Gasteiger partial charge in [0.1, 0.15) is 11.8 Å². The summed E-state index contributed by atoms with van der Waals surface area (Å²) in [6.07, 6.45) is 2.32. The van der Waals surface area contributed by atoms with Gasteiger partial charge in [-0.25, -0.2) is 0 Å². The third-order valence-electron chi connectivity index (χ3n) is 7.07. The number of nitrogens with zero attached hydrogens (tertiary/aromatic N) is 1. The second-order valence-corrected chi connectivity index (χ2v) is 10.2.